The maximum absolute atomic E-state index is 13.4. The second kappa shape index (κ2) is 9.87. The summed E-state index contributed by atoms with van der Waals surface area (Å²) in [6, 6.07) is 20.5. The molecule has 1 N–H and O–H groups in total. The molecule has 7 heteroatoms. The largest absolute Gasteiger partial charge is 0.497 e. The van der Waals surface area contributed by atoms with E-state index in [1.165, 1.54) is 19.2 Å². The highest BCUT2D eigenvalue weighted by molar-refractivity contribution is 7.92. The summed E-state index contributed by atoms with van der Waals surface area (Å²) in [5.41, 5.74) is 3.54. The van der Waals surface area contributed by atoms with Gasteiger partial charge in [0.05, 0.1) is 23.7 Å². The SMILES string of the molecule is COc1ccc(N(CC(=O)NC(C)c2cc(C)ccc2C)S(=O)(=O)c2ccccc2)cc1. The summed E-state index contributed by atoms with van der Waals surface area (Å²) in [4.78, 5) is 13.1. The highest BCUT2D eigenvalue weighted by atomic mass is 32.2. The average molecular weight is 453 g/mol. The summed E-state index contributed by atoms with van der Waals surface area (Å²) in [6.07, 6.45) is 0. The lowest BCUT2D eigenvalue weighted by molar-refractivity contribution is -0.120. The molecule has 3 rings (SSSR count). The van der Waals surface area contributed by atoms with E-state index in [9.17, 15) is 13.2 Å². The fourth-order valence-corrected chi connectivity index (χ4v) is 4.95. The van der Waals surface area contributed by atoms with Crippen molar-refractivity contribution >= 4 is 21.6 Å². The molecule has 0 aliphatic heterocycles. The molecule has 0 bridgehead atoms. The molecule has 0 aromatic heterocycles. The Morgan fingerprint density at radius 3 is 2.28 bits per heavy atom. The third-order valence-corrected chi connectivity index (χ3v) is 7.05. The van der Waals surface area contributed by atoms with Crippen molar-refractivity contribution in [3.8, 4) is 5.75 Å². The minimum absolute atomic E-state index is 0.117. The Morgan fingerprint density at radius 1 is 1.00 bits per heavy atom. The molecule has 1 amide bonds. The van der Waals surface area contributed by atoms with Crippen LogP contribution in [-0.4, -0.2) is 28.0 Å². The normalized spacial score (nSPS) is 12.1. The van der Waals surface area contributed by atoms with Crippen LogP contribution in [-0.2, 0) is 14.8 Å². The minimum atomic E-state index is -3.95. The standard InChI is InChI=1S/C25H28N2O4S/c1-18-10-11-19(2)24(16-18)20(3)26-25(28)17-27(21-12-14-22(31-4)15-13-21)32(29,30)23-8-6-5-7-9-23/h5-16,20H,17H2,1-4H3,(H,26,28). The molecule has 0 spiro atoms. The lowest BCUT2D eigenvalue weighted by Crippen LogP contribution is -2.41. The van der Waals surface area contributed by atoms with Crippen LogP contribution in [0.15, 0.2) is 77.7 Å². The van der Waals surface area contributed by atoms with E-state index in [2.05, 4.69) is 5.32 Å². The molecule has 32 heavy (non-hydrogen) atoms. The minimum Gasteiger partial charge on any atom is -0.497 e. The van der Waals surface area contributed by atoms with E-state index >= 15 is 0 Å². The molecule has 3 aromatic carbocycles. The molecular formula is C25H28N2O4S. The summed E-state index contributed by atoms with van der Waals surface area (Å²) >= 11 is 0. The second-order valence-electron chi connectivity index (χ2n) is 7.67. The second-order valence-corrected chi connectivity index (χ2v) is 9.53. The van der Waals surface area contributed by atoms with E-state index in [-0.39, 0.29) is 17.5 Å². The van der Waals surface area contributed by atoms with E-state index in [0.717, 1.165) is 21.0 Å². The van der Waals surface area contributed by atoms with Crippen LogP contribution in [0.25, 0.3) is 0 Å². The van der Waals surface area contributed by atoms with Crippen LogP contribution < -0.4 is 14.4 Å². The van der Waals surface area contributed by atoms with Crippen LogP contribution in [0, 0.1) is 13.8 Å². The number of rotatable bonds is 8. The number of anilines is 1. The van der Waals surface area contributed by atoms with Gasteiger partial charge in [0.15, 0.2) is 0 Å². The highest BCUT2D eigenvalue weighted by Gasteiger charge is 2.27. The van der Waals surface area contributed by atoms with Crippen LogP contribution in [0.2, 0.25) is 0 Å². The van der Waals surface area contributed by atoms with E-state index in [4.69, 9.17) is 4.74 Å². The quantitative estimate of drug-likeness (QED) is 0.550. The van der Waals surface area contributed by atoms with Crippen molar-refractivity contribution in [2.75, 3.05) is 18.0 Å². The molecule has 168 valence electrons. The van der Waals surface area contributed by atoms with Gasteiger partial charge < -0.3 is 10.1 Å². The molecule has 0 aliphatic rings. The molecule has 1 unspecified atom stereocenters. The first-order valence-electron chi connectivity index (χ1n) is 10.3. The molecule has 1 atom stereocenters. The van der Waals surface area contributed by atoms with Gasteiger partial charge in [-0.1, -0.05) is 42.0 Å². The van der Waals surface area contributed by atoms with Gasteiger partial charge in [-0.15, -0.1) is 0 Å². The van der Waals surface area contributed by atoms with Crippen LogP contribution in [0.1, 0.15) is 29.7 Å². The Kier molecular flexibility index (Phi) is 7.20. The summed E-state index contributed by atoms with van der Waals surface area (Å²) in [5, 5.41) is 2.94. The summed E-state index contributed by atoms with van der Waals surface area (Å²) in [7, 11) is -2.42. The predicted octanol–water partition coefficient (Wildman–Crippen LogP) is 4.38. The van der Waals surface area contributed by atoms with Crippen molar-refractivity contribution in [1.29, 1.82) is 0 Å². The van der Waals surface area contributed by atoms with Gasteiger partial charge in [-0.25, -0.2) is 8.42 Å². The smallest absolute Gasteiger partial charge is 0.264 e. The van der Waals surface area contributed by atoms with Crippen molar-refractivity contribution in [3.05, 3.63) is 89.5 Å². The summed E-state index contributed by atoms with van der Waals surface area (Å²) in [6.45, 7) is 5.53. The predicted molar refractivity (Wildman–Crippen MR) is 126 cm³/mol. The number of amides is 1. The molecular weight excluding hydrogens is 424 g/mol. The van der Waals surface area contributed by atoms with Gasteiger partial charge in [0.25, 0.3) is 10.0 Å². The van der Waals surface area contributed by atoms with E-state index in [1.807, 2.05) is 39.0 Å². The third-order valence-electron chi connectivity index (χ3n) is 5.26. The number of nitrogens with one attached hydrogen (secondary N) is 1. The number of sulfonamides is 1. The Morgan fingerprint density at radius 2 is 1.66 bits per heavy atom. The van der Waals surface area contributed by atoms with Crippen LogP contribution in [0.4, 0.5) is 5.69 Å². The third kappa shape index (κ3) is 5.29. The van der Waals surface area contributed by atoms with Crippen LogP contribution >= 0.6 is 0 Å². The monoisotopic (exact) mass is 452 g/mol. The Balaban J connectivity index is 1.89. The van der Waals surface area contributed by atoms with E-state index < -0.39 is 15.9 Å². The zero-order valence-corrected chi connectivity index (χ0v) is 19.5. The first-order chi connectivity index (χ1) is 15.2. The average Bonchev–Trinajstić information content (AvgIpc) is 2.79. The lowest BCUT2D eigenvalue weighted by atomic mass is 10.00. The molecule has 0 saturated heterocycles. The van der Waals surface area contributed by atoms with Gasteiger partial charge in [0.1, 0.15) is 12.3 Å². The lowest BCUT2D eigenvalue weighted by Gasteiger charge is -2.25. The summed E-state index contributed by atoms with van der Waals surface area (Å²) in [5.74, 6) is 0.201. The molecule has 6 nitrogen and oxygen atoms in total. The molecule has 3 aromatic rings. The molecule has 0 aliphatic carbocycles. The number of ether oxygens (including phenoxy) is 1. The zero-order chi connectivity index (χ0) is 23.3. The van der Waals surface area contributed by atoms with Crippen molar-refractivity contribution in [2.45, 2.75) is 31.7 Å². The first kappa shape index (κ1) is 23.3. The number of hydrogen-bond donors (Lipinski definition) is 1. The Bertz CT molecular complexity index is 1180. The van der Waals surface area contributed by atoms with Crippen molar-refractivity contribution in [1.82, 2.24) is 5.32 Å². The van der Waals surface area contributed by atoms with E-state index in [0.29, 0.717) is 11.4 Å². The maximum atomic E-state index is 13.4. The fourth-order valence-electron chi connectivity index (χ4n) is 3.50. The molecule has 0 fully saturated rings. The number of aryl methyl sites for hydroxylation is 2. The van der Waals surface area contributed by atoms with Crippen molar-refractivity contribution in [2.24, 2.45) is 0 Å². The summed E-state index contributed by atoms with van der Waals surface area (Å²) < 4.78 is 33.1. The van der Waals surface area contributed by atoms with Crippen LogP contribution in [0.3, 0.4) is 0 Å². The van der Waals surface area contributed by atoms with Gasteiger partial charge in [0.2, 0.25) is 5.91 Å². The van der Waals surface area contributed by atoms with Gasteiger partial charge in [-0.2, -0.15) is 0 Å². The zero-order valence-electron chi connectivity index (χ0n) is 18.7. The number of carbonyl (C=O) groups is 1. The van der Waals surface area contributed by atoms with Gasteiger partial charge in [-0.3, -0.25) is 9.10 Å². The molecule has 0 saturated carbocycles. The van der Waals surface area contributed by atoms with E-state index in [1.54, 1.807) is 42.5 Å². The van der Waals surface area contributed by atoms with Crippen molar-refractivity contribution < 1.29 is 17.9 Å². The fraction of sp³-hybridized carbons (Fsp3) is 0.240. The highest BCUT2D eigenvalue weighted by Crippen LogP contribution is 2.26. The van der Waals surface area contributed by atoms with Crippen LogP contribution in [0.5, 0.6) is 5.75 Å². The maximum Gasteiger partial charge on any atom is 0.264 e. The van der Waals surface area contributed by atoms with Crippen molar-refractivity contribution in [3.63, 3.8) is 0 Å². The number of nitrogens with zero attached hydrogens (tertiary/aromatic N) is 1. The number of methoxy groups -OCH3 is 1. The van der Waals surface area contributed by atoms with Gasteiger partial charge in [0, 0.05) is 0 Å². The number of hydrogen-bond acceptors (Lipinski definition) is 4. The first-order valence-corrected chi connectivity index (χ1v) is 11.7. The molecule has 0 radical (unpaired) electrons. The number of benzene rings is 3. The topological polar surface area (TPSA) is 75.7 Å². The van der Waals surface area contributed by atoms with Gasteiger partial charge in [-0.05, 0) is 68.3 Å². The number of carbonyl (C=O) groups excluding carboxylic acids is 1. The van der Waals surface area contributed by atoms with Gasteiger partial charge >= 0.3 is 0 Å². The Labute approximate surface area is 189 Å². The molecule has 0 heterocycles. The Hall–Kier alpha value is -3.32.